The van der Waals surface area contributed by atoms with Crippen LogP contribution < -0.4 is 4.74 Å². The van der Waals surface area contributed by atoms with Crippen molar-refractivity contribution in [2.75, 3.05) is 0 Å². The van der Waals surface area contributed by atoms with Crippen LogP contribution in [0.3, 0.4) is 0 Å². The summed E-state index contributed by atoms with van der Waals surface area (Å²) in [6, 6.07) is 5.92. The smallest absolute Gasteiger partial charge is 0.338 e. The molecule has 8 nitrogen and oxygen atoms in total. The molecule has 0 spiro atoms. The normalized spacial score (nSPS) is 13.3. The molecule has 0 radical (unpaired) electrons. The molecule has 0 saturated heterocycles. The number of fused-ring (bicyclic) bond motifs is 1. The van der Waals surface area contributed by atoms with Gasteiger partial charge in [-0.2, -0.15) is 8.42 Å². The van der Waals surface area contributed by atoms with Crippen molar-refractivity contribution in [3.8, 4) is 5.75 Å². The van der Waals surface area contributed by atoms with Gasteiger partial charge in [0.2, 0.25) is 0 Å². The number of ether oxygens (including phenoxy) is 1. The third-order valence-electron chi connectivity index (χ3n) is 6.06. The lowest BCUT2D eigenvalue weighted by Crippen LogP contribution is -2.42. The first kappa shape index (κ1) is 28.7. The second-order valence-corrected chi connectivity index (χ2v) is 10.2. The number of hydrogen-bond donors (Lipinski definition) is 0. The molecule has 1 aliphatic heterocycles. The average Bonchev–Trinajstić information content (AvgIpc) is 2.93. The fourth-order valence-electron chi connectivity index (χ4n) is 4.22. The van der Waals surface area contributed by atoms with Crippen molar-refractivity contribution in [1.29, 1.82) is 0 Å². The first-order chi connectivity index (χ1) is 19.6. The van der Waals surface area contributed by atoms with Crippen molar-refractivity contribution in [2.45, 2.75) is 11.8 Å². The van der Waals surface area contributed by atoms with Gasteiger partial charge in [0.25, 0.3) is 11.8 Å². The molecule has 4 aromatic rings. The Labute approximate surface area is 229 Å². The van der Waals surface area contributed by atoms with Gasteiger partial charge in [0.1, 0.15) is 10.6 Å². The van der Waals surface area contributed by atoms with Crippen LogP contribution in [0.2, 0.25) is 0 Å². The average molecular weight is 613 g/mol. The fourth-order valence-corrected chi connectivity index (χ4v) is 5.37. The topological polar surface area (TPSA) is 107 Å². The van der Waals surface area contributed by atoms with Crippen LogP contribution in [0, 0.1) is 40.7 Å². The quantitative estimate of drug-likeness (QED) is 0.0567. The van der Waals surface area contributed by atoms with Crippen LogP contribution in [-0.2, 0) is 19.2 Å². The highest BCUT2D eigenvalue weighted by atomic mass is 32.2. The Bertz CT molecular complexity index is 2070. The van der Waals surface area contributed by atoms with E-state index in [1.807, 2.05) is 0 Å². The summed E-state index contributed by atoms with van der Waals surface area (Å²) in [5, 5.41) is -4.70. The Kier molecular flexibility index (Phi) is 6.58. The fraction of sp³-hybridized carbons (Fsp3) is 0.0385. The summed E-state index contributed by atoms with van der Waals surface area (Å²) in [6.45, 7) is 4.70. The van der Waals surface area contributed by atoms with E-state index in [-0.39, 0.29) is 22.1 Å². The summed E-state index contributed by atoms with van der Waals surface area (Å²) < 4.78 is 136. The number of carbonyl (C=O) groups is 3. The highest BCUT2D eigenvalue weighted by molar-refractivity contribution is 7.87. The van der Waals surface area contributed by atoms with Gasteiger partial charge in [0.15, 0.2) is 40.7 Å². The first-order valence-corrected chi connectivity index (χ1v) is 12.6. The van der Waals surface area contributed by atoms with Crippen LogP contribution in [0.25, 0.3) is 21.5 Å². The van der Waals surface area contributed by atoms with Crippen LogP contribution in [0.1, 0.15) is 27.6 Å². The van der Waals surface area contributed by atoms with Crippen LogP contribution >= 0.6 is 0 Å². The Morgan fingerprint density at radius 2 is 1.31 bits per heavy atom. The molecule has 0 saturated carbocycles. The van der Waals surface area contributed by atoms with E-state index in [2.05, 4.69) is 10.9 Å². The zero-order valence-electron chi connectivity index (χ0n) is 20.5. The molecule has 42 heavy (non-hydrogen) atoms. The molecule has 0 fully saturated rings. The monoisotopic (exact) mass is 613 g/mol. The summed E-state index contributed by atoms with van der Waals surface area (Å²) in [5.41, 5.74) is -0.949. The van der Waals surface area contributed by atoms with Gasteiger partial charge in [-0.05, 0) is 30.5 Å². The molecule has 1 heterocycles. The van der Waals surface area contributed by atoms with Gasteiger partial charge in [0, 0.05) is 11.0 Å². The van der Waals surface area contributed by atoms with E-state index in [1.165, 1.54) is 25.1 Å². The molecule has 0 bridgehead atoms. The molecule has 0 unspecified atom stereocenters. The maximum Gasteiger partial charge on any atom is 0.338 e. The standard InChI is InChI=1S/C26H10F7NO7S/c1-8(2)26(37)40-10-6-9-4-3-5-11-13(9)12(7-10)25(36)34(24(11)35)41-42(38,39)23-15-14(17(28)21(32)22(23)33)16(27)19(30)20(31)18(15)29/h3-7H,1H2,2H3. The molecule has 0 aromatic heterocycles. The number of benzene rings is 4. The van der Waals surface area contributed by atoms with E-state index < -0.39 is 100 Å². The van der Waals surface area contributed by atoms with Gasteiger partial charge >= 0.3 is 16.1 Å². The first-order valence-electron chi connectivity index (χ1n) is 11.2. The molecule has 5 rings (SSSR count). The van der Waals surface area contributed by atoms with E-state index in [4.69, 9.17) is 4.74 Å². The number of nitrogens with zero attached hydrogens (tertiary/aromatic N) is 1. The summed E-state index contributed by atoms with van der Waals surface area (Å²) in [6.07, 6.45) is 0. The molecule has 4 aromatic carbocycles. The third kappa shape index (κ3) is 4.09. The van der Waals surface area contributed by atoms with Gasteiger partial charge in [-0.1, -0.05) is 18.7 Å². The van der Waals surface area contributed by atoms with E-state index >= 15 is 0 Å². The lowest BCUT2D eigenvalue weighted by atomic mass is 9.95. The van der Waals surface area contributed by atoms with Crippen molar-refractivity contribution in [1.82, 2.24) is 5.06 Å². The minimum Gasteiger partial charge on any atom is -0.423 e. The van der Waals surface area contributed by atoms with Crippen LogP contribution in [0.5, 0.6) is 5.75 Å². The second kappa shape index (κ2) is 9.63. The summed E-state index contributed by atoms with van der Waals surface area (Å²) in [5.74, 6) is -23.1. The molecule has 0 atom stereocenters. The molecule has 0 aliphatic carbocycles. The van der Waals surface area contributed by atoms with Crippen molar-refractivity contribution < 1.29 is 62.6 Å². The predicted molar refractivity (Wildman–Crippen MR) is 127 cm³/mol. The van der Waals surface area contributed by atoms with Crippen LogP contribution in [0.4, 0.5) is 30.7 Å². The van der Waals surface area contributed by atoms with E-state index in [1.54, 1.807) is 0 Å². The zero-order chi connectivity index (χ0) is 31.0. The van der Waals surface area contributed by atoms with Gasteiger partial charge in [-0.15, -0.1) is 9.35 Å². The Morgan fingerprint density at radius 1 is 0.762 bits per heavy atom. The lowest BCUT2D eigenvalue weighted by Gasteiger charge is -2.26. The number of halogens is 7. The number of rotatable bonds is 5. The van der Waals surface area contributed by atoms with Crippen molar-refractivity contribution >= 4 is 49.4 Å². The molecule has 216 valence electrons. The van der Waals surface area contributed by atoms with E-state index in [9.17, 15) is 53.5 Å². The number of amides is 2. The molecular formula is C26H10F7NO7S. The molecule has 1 aliphatic rings. The van der Waals surface area contributed by atoms with Gasteiger partial charge in [0.05, 0.1) is 21.9 Å². The Balaban J connectivity index is 1.70. The number of hydroxylamine groups is 2. The van der Waals surface area contributed by atoms with Gasteiger partial charge in [-0.3, -0.25) is 9.59 Å². The SMILES string of the molecule is C=C(C)C(=O)Oc1cc2c3c(cccc3c1)C(=O)N(OS(=O)(=O)c1c(F)c(F)c(F)c3c(F)c(F)c(F)c(F)c13)C2=O. The largest absolute Gasteiger partial charge is 0.423 e. The number of esters is 1. The predicted octanol–water partition coefficient (Wildman–Crippen LogP) is 5.36. The van der Waals surface area contributed by atoms with Crippen molar-refractivity contribution in [2.24, 2.45) is 0 Å². The summed E-state index contributed by atoms with van der Waals surface area (Å²) in [7, 11) is -6.19. The zero-order valence-corrected chi connectivity index (χ0v) is 21.3. The highest BCUT2D eigenvalue weighted by Crippen LogP contribution is 2.39. The lowest BCUT2D eigenvalue weighted by molar-refractivity contribution is -0.130. The summed E-state index contributed by atoms with van der Waals surface area (Å²) in [4.78, 5) is 36.0. The number of carbonyl (C=O) groups excluding carboxylic acids is 3. The maximum absolute atomic E-state index is 14.8. The molecule has 0 N–H and O–H groups in total. The Hall–Kier alpha value is -4.83. The van der Waals surface area contributed by atoms with Gasteiger partial charge < -0.3 is 4.74 Å². The molecular weight excluding hydrogens is 603 g/mol. The molecule has 2 amide bonds. The number of imide groups is 1. The van der Waals surface area contributed by atoms with Crippen molar-refractivity contribution in [3.63, 3.8) is 0 Å². The van der Waals surface area contributed by atoms with E-state index in [0.29, 0.717) is 0 Å². The van der Waals surface area contributed by atoms with Crippen LogP contribution in [0.15, 0.2) is 47.4 Å². The second-order valence-electron chi connectivity index (χ2n) is 8.75. The highest BCUT2D eigenvalue weighted by Gasteiger charge is 2.42. The summed E-state index contributed by atoms with van der Waals surface area (Å²) >= 11 is 0. The van der Waals surface area contributed by atoms with Gasteiger partial charge in [-0.25, -0.2) is 35.5 Å². The maximum atomic E-state index is 14.8. The minimum absolute atomic E-state index is 0.0455. The minimum atomic E-state index is -6.19. The Morgan fingerprint density at radius 3 is 1.90 bits per heavy atom. The van der Waals surface area contributed by atoms with Crippen LogP contribution in [-0.4, -0.2) is 31.3 Å². The van der Waals surface area contributed by atoms with E-state index in [0.717, 1.165) is 12.1 Å². The number of hydrogen-bond acceptors (Lipinski definition) is 7. The van der Waals surface area contributed by atoms with Crippen molar-refractivity contribution in [3.05, 3.63) is 94.3 Å². The third-order valence-corrected chi connectivity index (χ3v) is 7.29. The molecule has 16 heteroatoms.